The summed E-state index contributed by atoms with van der Waals surface area (Å²) in [7, 11) is -10.0. The van der Waals surface area contributed by atoms with Gasteiger partial charge in [-0.25, -0.2) is 9.13 Å². The molecule has 0 saturated carbocycles. The Morgan fingerprint density at radius 1 is 0.274 bits per heavy atom. The maximum Gasteiger partial charge on any atom is 0.472 e. The number of phosphoric ester groups is 2. The second kappa shape index (κ2) is 77.3. The Bertz CT molecular complexity index is 2730. The van der Waals surface area contributed by atoms with Crippen LogP contribution in [0.25, 0.3) is 0 Å². The van der Waals surface area contributed by atoms with Gasteiger partial charge in [-0.3, -0.25) is 37.3 Å². The lowest BCUT2D eigenvalue weighted by Crippen LogP contribution is -2.30. The summed E-state index contributed by atoms with van der Waals surface area (Å²) >= 11 is 0. The highest BCUT2D eigenvalue weighted by atomic mass is 31.2. The number of phosphoric acid groups is 2. The van der Waals surface area contributed by atoms with E-state index in [1.165, 1.54) is 57.8 Å². The third-order valence-electron chi connectivity index (χ3n) is 15.8. The van der Waals surface area contributed by atoms with Gasteiger partial charge in [0.25, 0.3) is 0 Å². The molecular weight excluding hydrogens is 1380 g/mol. The van der Waals surface area contributed by atoms with Gasteiger partial charge in [-0.15, -0.1) is 0 Å². The minimum Gasteiger partial charge on any atom is -0.462 e. The Morgan fingerprint density at radius 3 is 0.868 bits per heavy atom. The van der Waals surface area contributed by atoms with Crippen LogP contribution in [0.15, 0.2) is 182 Å². The van der Waals surface area contributed by atoms with E-state index in [2.05, 4.69) is 180 Å². The van der Waals surface area contributed by atoms with Crippen molar-refractivity contribution in [3.05, 3.63) is 182 Å². The van der Waals surface area contributed by atoms with Gasteiger partial charge in [0, 0.05) is 25.7 Å². The molecule has 106 heavy (non-hydrogen) atoms. The molecule has 3 N–H and O–H groups in total. The summed E-state index contributed by atoms with van der Waals surface area (Å²) in [5.74, 6) is -2.42. The molecule has 0 aromatic carbocycles. The quantitative estimate of drug-likeness (QED) is 0.0169. The fourth-order valence-electron chi connectivity index (χ4n) is 9.74. The molecular formula is C87H140O17P2. The number of allylic oxidation sites excluding steroid dienone is 30. The third kappa shape index (κ3) is 76.4. The topological polar surface area (TPSA) is 237 Å². The van der Waals surface area contributed by atoms with E-state index >= 15 is 0 Å². The van der Waals surface area contributed by atoms with Crippen molar-refractivity contribution in [3.63, 3.8) is 0 Å². The van der Waals surface area contributed by atoms with Crippen molar-refractivity contribution >= 4 is 39.5 Å². The lowest BCUT2D eigenvalue weighted by Gasteiger charge is -2.21. The van der Waals surface area contributed by atoms with Gasteiger partial charge in [0.2, 0.25) is 0 Å². The third-order valence-corrected chi connectivity index (χ3v) is 17.7. The molecule has 0 amide bonds. The van der Waals surface area contributed by atoms with E-state index in [1.54, 1.807) is 0 Å². The maximum absolute atomic E-state index is 13.1. The lowest BCUT2D eigenvalue weighted by atomic mass is 10.1. The molecule has 0 aliphatic rings. The summed E-state index contributed by atoms with van der Waals surface area (Å²) < 4.78 is 68.4. The normalized spacial score (nSPS) is 14.8. The van der Waals surface area contributed by atoms with Crippen molar-refractivity contribution in [1.82, 2.24) is 0 Å². The van der Waals surface area contributed by atoms with E-state index in [0.29, 0.717) is 38.5 Å². The van der Waals surface area contributed by atoms with Crippen LogP contribution in [-0.2, 0) is 65.4 Å². The van der Waals surface area contributed by atoms with E-state index in [4.69, 9.17) is 37.0 Å². The highest BCUT2D eigenvalue weighted by molar-refractivity contribution is 7.47. The zero-order chi connectivity index (χ0) is 77.4. The average Bonchev–Trinajstić information content (AvgIpc) is 0.902. The molecule has 0 aromatic rings. The van der Waals surface area contributed by atoms with Crippen LogP contribution in [0.5, 0.6) is 0 Å². The number of esters is 4. The molecule has 0 fully saturated rings. The van der Waals surface area contributed by atoms with Crippen LogP contribution < -0.4 is 0 Å². The largest absolute Gasteiger partial charge is 0.472 e. The molecule has 3 unspecified atom stereocenters. The molecule has 19 heteroatoms. The number of hydrogen-bond acceptors (Lipinski definition) is 15. The van der Waals surface area contributed by atoms with Gasteiger partial charge in [-0.2, -0.15) is 0 Å². The Labute approximate surface area is 641 Å². The van der Waals surface area contributed by atoms with Crippen LogP contribution in [0.1, 0.15) is 285 Å². The van der Waals surface area contributed by atoms with E-state index < -0.39 is 97.5 Å². The van der Waals surface area contributed by atoms with E-state index in [-0.39, 0.29) is 25.7 Å². The van der Waals surface area contributed by atoms with Crippen molar-refractivity contribution < 1.29 is 80.2 Å². The molecule has 0 bridgehead atoms. The van der Waals surface area contributed by atoms with Crippen molar-refractivity contribution in [3.8, 4) is 0 Å². The molecule has 0 spiro atoms. The molecule has 0 aliphatic carbocycles. The molecule has 0 rings (SSSR count). The fraction of sp³-hybridized carbons (Fsp3) is 0.609. The molecule has 0 aliphatic heterocycles. The van der Waals surface area contributed by atoms with Gasteiger partial charge in [0.15, 0.2) is 12.2 Å². The number of ether oxygens (including phenoxy) is 4. The van der Waals surface area contributed by atoms with Crippen molar-refractivity contribution in [1.29, 1.82) is 0 Å². The number of unbranched alkanes of at least 4 members (excludes halogenated alkanes) is 17. The first-order valence-electron chi connectivity index (χ1n) is 40.0. The summed E-state index contributed by atoms with van der Waals surface area (Å²) in [6.07, 6.45) is 93.2. The Kier molecular flexibility index (Phi) is 73.1. The van der Waals surface area contributed by atoms with Gasteiger partial charge in [0.05, 0.1) is 26.4 Å². The number of carbonyl (C=O) groups excluding carboxylic acids is 4. The smallest absolute Gasteiger partial charge is 0.462 e. The lowest BCUT2D eigenvalue weighted by molar-refractivity contribution is -0.161. The van der Waals surface area contributed by atoms with Crippen LogP contribution in [0, 0.1) is 0 Å². The molecule has 5 atom stereocenters. The van der Waals surface area contributed by atoms with Crippen molar-refractivity contribution in [2.24, 2.45) is 0 Å². The highest BCUT2D eigenvalue weighted by Gasteiger charge is 2.30. The van der Waals surface area contributed by atoms with Crippen molar-refractivity contribution in [2.45, 2.75) is 303 Å². The van der Waals surface area contributed by atoms with Gasteiger partial charge < -0.3 is 33.8 Å². The van der Waals surface area contributed by atoms with E-state index in [1.807, 2.05) is 30.4 Å². The molecule has 0 heterocycles. The predicted octanol–water partition coefficient (Wildman–Crippen LogP) is 23.6. The first-order valence-corrected chi connectivity index (χ1v) is 43.0. The summed E-state index contributed by atoms with van der Waals surface area (Å²) in [6.45, 7) is 4.44. The zero-order valence-electron chi connectivity index (χ0n) is 65.5. The first kappa shape index (κ1) is 100. The maximum atomic E-state index is 13.1. The predicted molar refractivity (Wildman–Crippen MR) is 436 cm³/mol. The van der Waals surface area contributed by atoms with Gasteiger partial charge in [-0.1, -0.05) is 268 Å². The summed E-state index contributed by atoms with van der Waals surface area (Å²) in [5, 5.41) is 10.6. The number of aliphatic hydroxyl groups is 1. The minimum absolute atomic E-state index is 0.00514. The monoisotopic (exact) mass is 1520 g/mol. The first-order chi connectivity index (χ1) is 51.7. The van der Waals surface area contributed by atoms with Gasteiger partial charge in [0.1, 0.15) is 19.3 Å². The van der Waals surface area contributed by atoms with Crippen LogP contribution in [0.4, 0.5) is 0 Å². The van der Waals surface area contributed by atoms with E-state index in [0.717, 1.165) is 135 Å². The minimum atomic E-state index is -5.02. The number of rotatable bonds is 73. The van der Waals surface area contributed by atoms with E-state index in [9.17, 15) is 43.2 Å². The molecule has 0 saturated heterocycles. The zero-order valence-corrected chi connectivity index (χ0v) is 67.3. The molecule has 17 nitrogen and oxygen atoms in total. The van der Waals surface area contributed by atoms with Gasteiger partial charge in [-0.05, 0) is 173 Å². The Hall–Kier alpha value is -5.84. The highest BCUT2D eigenvalue weighted by Crippen LogP contribution is 2.45. The Morgan fingerprint density at radius 2 is 0.519 bits per heavy atom. The average molecular weight is 1520 g/mol. The van der Waals surface area contributed by atoms with Crippen LogP contribution in [0.3, 0.4) is 0 Å². The van der Waals surface area contributed by atoms with Crippen LogP contribution in [0.2, 0.25) is 0 Å². The fourth-order valence-corrected chi connectivity index (χ4v) is 11.3. The Balaban J connectivity index is 5.55. The second-order valence-corrected chi connectivity index (χ2v) is 28.8. The number of aliphatic hydroxyl groups excluding tert-OH is 1. The molecule has 600 valence electrons. The SMILES string of the molecule is CCC=CCC=CCC=CCC=CCC=CCC=CCCC(=O)OC[C@H](COP(=O)(O)OCC(O)COP(=O)(O)OC[C@@H](COC(=O)CCCCC=CCC=CCC=CCCCCC)OC(=O)CCCCCCCC=CCC=CCCCCC)OC(=O)CCCC=CCC=CCC=CCC=CCCCCC. The second-order valence-electron chi connectivity index (χ2n) is 25.9. The summed E-state index contributed by atoms with van der Waals surface area (Å²) in [4.78, 5) is 73.0. The standard InChI is InChI=1S/C87H140O17P2/c1-5-9-13-17-21-25-29-33-37-39-40-42-45-48-52-56-60-64-68-72-85(90)98-78-83(104-87(92)74-70-66-62-58-54-50-46-41-38-34-30-26-22-18-14-10-6-2)80-102-106(95,96)100-76-81(88)75-99-105(93,94)101-79-82(103-86(91)73-69-65-61-57-53-49-44-36-32-28-24-20-16-12-8-4)77-97-84(89)71-67-63-59-55-51-47-43-35-31-27-23-19-15-11-7-3/h9,13,21-28,33-38,40,42-44,46,48,50-52,55,58,60,62,64,81-83,88H,5-8,10-12,14-20,29-32,39,41,45,47,49,53-54,56-57,59,61,63,65-80H2,1-4H3,(H,93,94)(H,95,96)/t81?,82-,83-/m1/s1. The molecule has 0 aromatic heterocycles. The van der Waals surface area contributed by atoms with Crippen molar-refractivity contribution in [2.75, 3.05) is 39.6 Å². The van der Waals surface area contributed by atoms with Crippen LogP contribution in [-0.4, -0.2) is 96.7 Å². The number of hydrogen-bond donors (Lipinski definition) is 3. The summed E-state index contributed by atoms with van der Waals surface area (Å²) in [5.41, 5.74) is 0. The summed E-state index contributed by atoms with van der Waals surface area (Å²) in [6, 6.07) is 0. The number of carbonyl (C=O) groups is 4. The van der Waals surface area contributed by atoms with Gasteiger partial charge >= 0.3 is 39.5 Å². The molecule has 0 radical (unpaired) electrons. The van der Waals surface area contributed by atoms with Crippen LogP contribution >= 0.6 is 15.6 Å².